The molecule has 3 nitrogen and oxygen atoms in total. The number of anilines is 1. The lowest BCUT2D eigenvalue weighted by atomic mass is 9.91. The Morgan fingerprint density at radius 3 is 2.71 bits per heavy atom. The van der Waals surface area contributed by atoms with Gasteiger partial charge in [0.05, 0.1) is 5.92 Å². The summed E-state index contributed by atoms with van der Waals surface area (Å²) >= 11 is 0. The number of hydrogen-bond acceptors (Lipinski definition) is 2. The van der Waals surface area contributed by atoms with Gasteiger partial charge in [0, 0.05) is 18.7 Å². The molecule has 17 heavy (non-hydrogen) atoms. The standard InChI is InChI=1S/C14H17NO2/c1-2-13(16)12-9-6-10-15(14(12)17)11-7-4-3-5-8-11/h3-5,7-8,12H,2,6,9-10H2,1H3. The SMILES string of the molecule is CCC(=O)C1CCCN(c2ccccc2)C1=O. The summed E-state index contributed by atoms with van der Waals surface area (Å²) in [5.74, 6) is -0.390. The maximum absolute atomic E-state index is 12.2. The van der Waals surface area contributed by atoms with Crippen LogP contribution in [-0.4, -0.2) is 18.2 Å². The Morgan fingerprint density at radius 2 is 2.06 bits per heavy atom. The van der Waals surface area contributed by atoms with Crippen molar-refractivity contribution in [2.45, 2.75) is 26.2 Å². The average Bonchev–Trinajstić information content (AvgIpc) is 2.39. The Morgan fingerprint density at radius 1 is 1.35 bits per heavy atom. The van der Waals surface area contributed by atoms with E-state index in [1.165, 1.54) is 0 Å². The minimum absolute atomic E-state index is 0.0331. The van der Waals surface area contributed by atoms with Gasteiger partial charge in [-0.1, -0.05) is 25.1 Å². The van der Waals surface area contributed by atoms with E-state index in [0.717, 1.165) is 18.7 Å². The number of para-hydroxylation sites is 1. The molecule has 1 aromatic carbocycles. The maximum Gasteiger partial charge on any atom is 0.237 e. The molecule has 1 saturated heterocycles. The zero-order valence-corrected chi connectivity index (χ0v) is 10.1. The van der Waals surface area contributed by atoms with E-state index in [-0.39, 0.29) is 11.7 Å². The Labute approximate surface area is 101 Å². The van der Waals surface area contributed by atoms with Crippen LogP contribution in [0.1, 0.15) is 26.2 Å². The van der Waals surface area contributed by atoms with Crippen LogP contribution < -0.4 is 4.90 Å². The molecule has 0 N–H and O–H groups in total. The second-order valence-electron chi connectivity index (χ2n) is 4.34. The minimum Gasteiger partial charge on any atom is -0.312 e. The molecular weight excluding hydrogens is 214 g/mol. The van der Waals surface area contributed by atoms with Crippen LogP contribution in [0.3, 0.4) is 0 Å². The number of nitrogens with zero attached hydrogens (tertiary/aromatic N) is 1. The van der Waals surface area contributed by atoms with Gasteiger partial charge in [0.15, 0.2) is 0 Å². The summed E-state index contributed by atoms with van der Waals surface area (Å²) in [5.41, 5.74) is 0.895. The van der Waals surface area contributed by atoms with Crippen molar-refractivity contribution in [3.05, 3.63) is 30.3 Å². The van der Waals surface area contributed by atoms with Gasteiger partial charge in [0.1, 0.15) is 5.78 Å². The number of carbonyl (C=O) groups is 2. The van der Waals surface area contributed by atoms with Crippen LogP contribution in [0.15, 0.2) is 30.3 Å². The molecule has 1 amide bonds. The highest BCUT2D eigenvalue weighted by atomic mass is 16.2. The van der Waals surface area contributed by atoms with Gasteiger partial charge < -0.3 is 4.90 Å². The smallest absolute Gasteiger partial charge is 0.237 e. The van der Waals surface area contributed by atoms with Crippen LogP contribution in [0.4, 0.5) is 5.69 Å². The normalized spacial score (nSPS) is 20.4. The zero-order chi connectivity index (χ0) is 12.3. The molecule has 1 fully saturated rings. The molecule has 0 bridgehead atoms. The zero-order valence-electron chi connectivity index (χ0n) is 10.1. The topological polar surface area (TPSA) is 37.4 Å². The van der Waals surface area contributed by atoms with E-state index < -0.39 is 5.92 Å². The van der Waals surface area contributed by atoms with Gasteiger partial charge in [-0.25, -0.2) is 0 Å². The lowest BCUT2D eigenvalue weighted by Gasteiger charge is -2.31. The van der Waals surface area contributed by atoms with E-state index in [1.54, 1.807) is 4.90 Å². The molecule has 1 aromatic rings. The largest absolute Gasteiger partial charge is 0.312 e. The Bertz CT molecular complexity index is 413. The fraction of sp³-hybridized carbons (Fsp3) is 0.429. The number of amides is 1. The van der Waals surface area contributed by atoms with Crippen molar-refractivity contribution in [1.82, 2.24) is 0 Å². The Balaban J connectivity index is 2.20. The second kappa shape index (κ2) is 5.13. The molecule has 3 heteroatoms. The summed E-state index contributed by atoms with van der Waals surface area (Å²) in [6.07, 6.45) is 2.05. The molecule has 2 rings (SSSR count). The van der Waals surface area contributed by atoms with Crippen LogP contribution in [0.2, 0.25) is 0 Å². The van der Waals surface area contributed by atoms with Gasteiger partial charge in [0.25, 0.3) is 0 Å². The molecule has 90 valence electrons. The van der Waals surface area contributed by atoms with Crippen molar-refractivity contribution in [1.29, 1.82) is 0 Å². The van der Waals surface area contributed by atoms with Gasteiger partial charge in [-0.05, 0) is 25.0 Å². The minimum atomic E-state index is -0.422. The molecule has 1 atom stereocenters. The molecule has 1 heterocycles. The van der Waals surface area contributed by atoms with Gasteiger partial charge in [-0.3, -0.25) is 9.59 Å². The number of ketones is 1. The van der Waals surface area contributed by atoms with E-state index in [2.05, 4.69) is 0 Å². The third-order valence-electron chi connectivity index (χ3n) is 3.24. The lowest BCUT2D eigenvalue weighted by Crippen LogP contribution is -2.44. The van der Waals surface area contributed by atoms with Crippen molar-refractivity contribution in [2.75, 3.05) is 11.4 Å². The van der Waals surface area contributed by atoms with Crippen LogP contribution in [-0.2, 0) is 9.59 Å². The number of carbonyl (C=O) groups excluding carboxylic acids is 2. The highest BCUT2D eigenvalue weighted by Gasteiger charge is 2.33. The molecule has 0 aliphatic carbocycles. The van der Waals surface area contributed by atoms with E-state index in [0.29, 0.717) is 12.8 Å². The highest BCUT2D eigenvalue weighted by Crippen LogP contribution is 2.25. The number of Topliss-reactive ketones (excluding diaryl/α,β-unsaturated/α-hetero) is 1. The van der Waals surface area contributed by atoms with E-state index in [1.807, 2.05) is 37.3 Å². The number of hydrogen-bond donors (Lipinski definition) is 0. The second-order valence-corrected chi connectivity index (χ2v) is 4.34. The number of benzene rings is 1. The van der Waals surface area contributed by atoms with Crippen LogP contribution >= 0.6 is 0 Å². The summed E-state index contributed by atoms with van der Waals surface area (Å²) in [5, 5.41) is 0. The number of rotatable bonds is 3. The molecule has 0 spiro atoms. The maximum atomic E-state index is 12.2. The summed E-state index contributed by atoms with van der Waals surface area (Å²) in [7, 11) is 0. The van der Waals surface area contributed by atoms with E-state index in [4.69, 9.17) is 0 Å². The lowest BCUT2D eigenvalue weighted by molar-refractivity contribution is -0.133. The van der Waals surface area contributed by atoms with E-state index >= 15 is 0 Å². The first kappa shape index (κ1) is 11.8. The molecule has 1 aliphatic rings. The van der Waals surface area contributed by atoms with Crippen LogP contribution in [0.5, 0.6) is 0 Å². The molecular formula is C14H17NO2. The predicted molar refractivity (Wildman–Crippen MR) is 66.8 cm³/mol. The van der Waals surface area contributed by atoms with Crippen molar-refractivity contribution in [3.63, 3.8) is 0 Å². The summed E-state index contributed by atoms with van der Waals surface area (Å²) in [6.45, 7) is 2.54. The monoisotopic (exact) mass is 231 g/mol. The average molecular weight is 231 g/mol. The summed E-state index contributed by atoms with van der Waals surface area (Å²) < 4.78 is 0. The van der Waals surface area contributed by atoms with Crippen molar-refractivity contribution < 1.29 is 9.59 Å². The van der Waals surface area contributed by atoms with Crippen molar-refractivity contribution in [3.8, 4) is 0 Å². The van der Waals surface area contributed by atoms with Crippen LogP contribution in [0.25, 0.3) is 0 Å². The fourth-order valence-electron chi connectivity index (χ4n) is 2.28. The Hall–Kier alpha value is -1.64. The number of piperidine rings is 1. The third-order valence-corrected chi connectivity index (χ3v) is 3.24. The van der Waals surface area contributed by atoms with E-state index in [9.17, 15) is 9.59 Å². The first-order valence-corrected chi connectivity index (χ1v) is 6.13. The predicted octanol–water partition coefficient (Wildman–Crippen LogP) is 2.41. The Kier molecular flexibility index (Phi) is 3.57. The molecule has 0 saturated carbocycles. The van der Waals surface area contributed by atoms with Gasteiger partial charge >= 0.3 is 0 Å². The first-order valence-electron chi connectivity index (χ1n) is 6.13. The van der Waals surface area contributed by atoms with Gasteiger partial charge in [-0.15, -0.1) is 0 Å². The van der Waals surface area contributed by atoms with Crippen LogP contribution in [0, 0.1) is 5.92 Å². The third kappa shape index (κ3) is 2.38. The van der Waals surface area contributed by atoms with Gasteiger partial charge in [-0.2, -0.15) is 0 Å². The van der Waals surface area contributed by atoms with Crippen molar-refractivity contribution in [2.24, 2.45) is 5.92 Å². The van der Waals surface area contributed by atoms with Crippen molar-refractivity contribution >= 4 is 17.4 Å². The molecule has 0 aromatic heterocycles. The quantitative estimate of drug-likeness (QED) is 0.749. The summed E-state index contributed by atoms with van der Waals surface area (Å²) in [4.78, 5) is 25.7. The van der Waals surface area contributed by atoms with Gasteiger partial charge in [0.2, 0.25) is 5.91 Å². The molecule has 0 radical (unpaired) electrons. The highest BCUT2D eigenvalue weighted by molar-refractivity contribution is 6.08. The molecule has 1 unspecified atom stereocenters. The fourth-order valence-corrected chi connectivity index (χ4v) is 2.28. The summed E-state index contributed by atoms with van der Waals surface area (Å²) in [6, 6.07) is 9.57. The molecule has 1 aliphatic heterocycles. The first-order chi connectivity index (χ1) is 8.24.